The number of aromatic nitrogens is 1. The summed E-state index contributed by atoms with van der Waals surface area (Å²) in [5.41, 5.74) is 1.77. The molecule has 1 N–H and O–H groups in total. The molecule has 2 nitrogen and oxygen atoms in total. The highest BCUT2D eigenvalue weighted by Gasteiger charge is 2.17. The second-order valence-electron chi connectivity index (χ2n) is 4.32. The number of hydrogen-bond donors (Lipinski definition) is 1. The largest absolute Gasteiger partial charge is 0.359 e. The molecule has 0 amide bonds. The molecular weight excluding hydrogens is 361 g/mol. The lowest BCUT2D eigenvalue weighted by molar-refractivity contribution is 0.104. The molecule has 20 heavy (non-hydrogen) atoms. The average molecular weight is 369 g/mol. The van der Waals surface area contributed by atoms with Crippen molar-refractivity contribution in [2.75, 3.05) is 0 Å². The molecule has 5 heteroatoms. The molecule has 3 rings (SSSR count). The minimum Gasteiger partial charge on any atom is -0.359 e. The van der Waals surface area contributed by atoms with Crippen LogP contribution in [0.25, 0.3) is 10.9 Å². The molecule has 0 aliphatic carbocycles. The highest BCUT2D eigenvalue weighted by Crippen LogP contribution is 2.29. The van der Waals surface area contributed by atoms with Crippen molar-refractivity contribution >= 4 is 55.8 Å². The standard InChI is InChI=1S/C15H8BrCl2NO/c16-8-4-5-12(17)10(6-8)15(20)11-7-19-14-9(11)2-1-3-13(14)18/h1-7,19H. The summed E-state index contributed by atoms with van der Waals surface area (Å²) in [7, 11) is 0. The van der Waals surface area contributed by atoms with Gasteiger partial charge in [-0.25, -0.2) is 0 Å². The molecule has 0 saturated carbocycles. The molecule has 0 bridgehead atoms. The lowest BCUT2D eigenvalue weighted by Crippen LogP contribution is -2.01. The van der Waals surface area contributed by atoms with Crippen LogP contribution in [0.15, 0.2) is 47.1 Å². The van der Waals surface area contributed by atoms with Gasteiger partial charge in [0.1, 0.15) is 0 Å². The Morgan fingerprint density at radius 2 is 1.85 bits per heavy atom. The van der Waals surface area contributed by atoms with Gasteiger partial charge in [0, 0.05) is 27.2 Å². The number of carbonyl (C=O) groups is 1. The zero-order valence-corrected chi connectivity index (χ0v) is 13.2. The van der Waals surface area contributed by atoms with E-state index >= 15 is 0 Å². The molecule has 0 aliphatic rings. The normalized spacial score (nSPS) is 10.9. The van der Waals surface area contributed by atoms with Crippen LogP contribution >= 0.6 is 39.1 Å². The summed E-state index contributed by atoms with van der Waals surface area (Å²) in [6.07, 6.45) is 1.66. The number of carbonyl (C=O) groups excluding carboxylic acids is 1. The second kappa shape index (κ2) is 5.24. The molecule has 0 atom stereocenters. The fourth-order valence-electron chi connectivity index (χ4n) is 2.12. The maximum Gasteiger partial charge on any atom is 0.196 e. The first-order valence-electron chi connectivity index (χ1n) is 5.83. The van der Waals surface area contributed by atoms with Crippen LogP contribution in [0.2, 0.25) is 10.0 Å². The third-order valence-electron chi connectivity index (χ3n) is 3.08. The molecular formula is C15H8BrCl2NO. The molecule has 2 aromatic carbocycles. The molecule has 1 aromatic heterocycles. The van der Waals surface area contributed by atoms with E-state index in [4.69, 9.17) is 23.2 Å². The summed E-state index contributed by atoms with van der Waals surface area (Å²) in [4.78, 5) is 15.7. The molecule has 0 radical (unpaired) electrons. The van der Waals surface area contributed by atoms with E-state index in [9.17, 15) is 4.79 Å². The van der Waals surface area contributed by atoms with Crippen molar-refractivity contribution in [3.63, 3.8) is 0 Å². The summed E-state index contributed by atoms with van der Waals surface area (Å²) in [5, 5.41) is 1.80. The molecule has 0 aliphatic heterocycles. The summed E-state index contributed by atoms with van der Waals surface area (Å²) in [5.74, 6) is -0.134. The Balaban J connectivity index is 2.18. The van der Waals surface area contributed by atoms with E-state index in [0.717, 1.165) is 15.4 Å². The summed E-state index contributed by atoms with van der Waals surface area (Å²) < 4.78 is 0.808. The predicted octanol–water partition coefficient (Wildman–Crippen LogP) is 5.47. The van der Waals surface area contributed by atoms with Crippen molar-refractivity contribution in [1.29, 1.82) is 0 Å². The van der Waals surface area contributed by atoms with Crippen molar-refractivity contribution in [3.8, 4) is 0 Å². The SMILES string of the molecule is O=C(c1cc(Br)ccc1Cl)c1c[nH]c2c(Cl)cccc12. The van der Waals surface area contributed by atoms with Gasteiger partial charge in [0.2, 0.25) is 0 Å². The number of H-pyrrole nitrogens is 1. The van der Waals surface area contributed by atoms with E-state index in [1.807, 2.05) is 12.1 Å². The van der Waals surface area contributed by atoms with E-state index in [1.54, 1.807) is 30.5 Å². The van der Waals surface area contributed by atoms with Gasteiger partial charge < -0.3 is 4.98 Å². The minimum absolute atomic E-state index is 0.134. The van der Waals surface area contributed by atoms with Gasteiger partial charge in [-0.05, 0) is 24.3 Å². The highest BCUT2D eigenvalue weighted by molar-refractivity contribution is 9.10. The average Bonchev–Trinajstić information content (AvgIpc) is 2.86. The second-order valence-corrected chi connectivity index (χ2v) is 6.05. The molecule has 3 aromatic rings. The maximum atomic E-state index is 12.6. The van der Waals surface area contributed by atoms with E-state index in [0.29, 0.717) is 21.2 Å². The minimum atomic E-state index is -0.134. The summed E-state index contributed by atoms with van der Waals surface area (Å²) in [6, 6.07) is 10.7. The topological polar surface area (TPSA) is 32.9 Å². The zero-order valence-electron chi connectivity index (χ0n) is 10.1. The van der Waals surface area contributed by atoms with E-state index in [2.05, 4.69) is 20.9 Å². The lowest BCUT2D eigenvalue weighted by atomic mass is 10.0. The Morgan fingerprint density at radius 3 is 2.65 bits per heavy atom. The van der Waals surface area contributed by atoms with E-state index in [-0.39, 0.29) is 5.78 Å². The molecule has 0 spiro atoms. The maximum absolute atomic E-state index is 12.6. The number of aromatic amines is 1. The molecule has 100 valence electrons. The van der Waals surface area contributed by atoms with Crippen molar-refractivity contribution in [2.45, 2.75) is 0 Å². The number of benzene rings is 2. The van der Waals surface area contributed by atoms with Gasteiger partial charge in [0.25, 0.3) is 0 Å². The first-order chi connectivity index (χ1) is 9.58. The van der Waals surface area contributed by atoms with Crippen molar-refractivity contribution in [2.24, 2.45) is 0 Å². The van der Waals surface area contributed by atoms with E-state index in [1.165, 1.54) is 0 Å². The first-order valence-corrected chi connectivity index (χ1v) is 7.38. The number of fused-ring (bicyclic) bond motifs is 1. The Labute approximate surface area is 133 Å². The third-order valence-corrected chi connectivity index (χ3v) is 4.22. The highest BCUT2D eigenvalue weighted by atomic mass is 79.9. The third kappa shape index (κ3) is 2.26. The molecule has 1 heterocycles. The van der Waals surface area contributed by atoms with Crippen LogP contribution in [0.5, 0.6) is 0 Å². The quantitative estimate of drug-likeness (QED) is 0.598. The monoisotopic (exact) mass is 367 g/mol. The van der Waals surface area contributed by atoms with Gasteiger partial charge >= 0.3 is 0 Å². The van der Waals surface area contributed by atoms with Crippen LogP contribution in [-0.2, 0) is 0 Å². The number of rotatable bonds is 2. The van der Waals surface area contributed by atoms with Crippen molar-refractivity contribution in [1.82, 2.24) is 4.98 Å². The van der Waals surface area contributed by atoms with Gasteiger partial charge in [-0.3, -0.25) is 4.79 Å². The molecule has 0 unspecified atom stereocenters. The Bertz CT molecular complexity index is 826. The Morgan fingerprint density at radius 1 is 1.05 bits per heavy atom. The van der Waals surface area contributed by atoms with Gasteiger partial charge in [0.15, 0.2) is 5.78 Å². The lowest BCUT2D eigenvalue weighted by Gasteiger charge is -2.03. The molecule has 0 saturated heterocycles. The summed E-state index contributed by atoms with van der Waals surface area (Å²) in [6.45, 7) is 0. The van der Waals surface area contributed by atoms with E-state index < -0.39 is 0 Å². The van der Waals surface area contributed by atoms with Crippen LogP contribution in [-0.4, -0.2) is 10.8 Å². The van der Waals surface area contributed by atoms with Crippen molar-refractivity contribution < 1.29 is 4.79 Å². The van der Waals surface area contributed by atoms with Crippen LogP contribution in [0.3, 0.4) is 0 Å². The van der Waals surface area contributed by atoms with Crippen molar-refractivity contribution in [3.05, 3.63) is 68.2 Å². The van der Waals surface area contributed by atoms with Crippen LogP contribution in [0.1, 0.15) is 15.9 Å². The fraction of sp³-hybridized carbons (Fsp3) is 0. The number of hydrogen-bond acceptors (Lipinski definition) is 1. The summed E-state index contributed by atoms with van der Waals surface area (Å²) >= 11 is 15.6. The Kier molecular flexibility index (Phi) is 3.59. The number of para-hydroxylation sites is 1. The smallest absolute Gasteiger partial charge is 0.196 e. The first kappa shape index (κ1) is 13.7. The number of halogens is 3. The zero-order chi connectivity index (χ0) is 14.3. The van der Waals surface area contributed by atoms with Gasteiger partial charge in [-0.2, -0.15) is 0 Å². The van der Waals surface area contributed by atoms with Gasteiger partial charge in [0.05, 0.1) is 15.6 Å². The van der Waals surface area contributed by atoms with Crippen LogP contribution in [0.4, 0.5) is 0 Å². The number of ketones is 1. The van der Waals surface area contributed by atoms with Gasteiger partial charge in [-0.15, -0.1) is 0 Å². The van der Waals surface area contributed by atoms with Crippen LogP contribution in [0, 0.1) is 0 Å². The molecule has 0 fully saturated rings. The van der Waals surface area contributed by atoms with Gasteiger partial charge in [-0.1, -0.05) is 51.3 Å². The number of nitrogens with one attached hydrogen (secondary N) is 1. The predicted molar refractivity (Wildman–Crippen MR) is 85.9 cm³/mol. The Hall–Kier alpha value is -1.29. The van der Waals surface area contributed by atoms with Crippen LogP contribution < -0.4 is 0 Å². The fourth-order valence-corrected chi connectivity index (χ4v) is 2.92.